The fourth-order valence-electron chi connectivity index (χ4n) is 4.07. The van der Waals surface area contributed by atoms with Crippen molar-refractivity contribution in [2.45, 2.75) is 25.7 Å². The lowest BCUT2D eigenvalue weighted by Crippen LogP contribution is -2.45. The predicted octanol–water partition coefficient (Wildman–Crippen LogP) is 2.11. The number of nitrogens with zero attached hydrogens (tertiary/aromatic N) is 1. The molecule has 1 atom stereocenters. The van der Waals surface area contributed by atoms with Crippen molar-refractivity contribution in [3.8, 4) is 0 Å². The van der Waals surface area contributed by atoms with E-state index in [9.17, 15) is 14.7 Å². The predicted molar refractivity (Wildman–Crippen MR) is 96.4 cm³/mol. The minimum atomic E-state index is -0.600. The van der Waals surface area contributed by atoms with Crippen LogP contribution in [0.2, 0.25) is 0 Å². The van der Waals surface area contributed by atoms with Gasteiger partial charge in [0.2, 0.25) is 0 Å². The van der Waals surface area contributed by atoms with Crippen LogP contribution in [0.1, 0.15) is 24.0 Å². The molecule has 1 saturated heterocycles. The number of hydrogen-bond acceptors (Lipinski definition) is 3. The molecule has 2 N–H and O–H groups in total. The second-order valence-electron chi connectivity index (χ2n) is 7.01. The van der Waals surface area contributed by atoms with Gasteiger partial charge in [-0.15, -0.1) is 0 Å². The van der Waals surface area contributed by atoms with E-state index < -0.39 is 11.8 Å². The molecule has 0 radical (unpaired) electrons. The van der Waals surface area contributed by atoms with Crippen LogP contribution in [0.4, 0.5) is 5.69 Å². The van der Waals surface area contributed by atoms with E-state index in [1.165, 1.54) is 16.5 Å². The zero-order chi connectivity index (χ0) is 17.4. The number of likely N-dealkylation sites (tertiary alicyclic amines) is 1. The van der Waals surface area contributed by atoms with Crippen LogP contribution in [-0.2, 0) is 22.4 Å². The van der Waals surface area contributed by atoms with Gasteiger partial charge in [-0.2, -0.15) is 0 Å². The Morgan fingerprint density at radius 1 is 1.16 bits per heavy atom. The SMILES string of the molecule is O=C(Nc1ccc2c3c(cccc13)CC2)C(=O)N1CCCC(CO)C1. The highest BCUT2D eigenvalue weighted by molar-refractivity contribution is 6.40. The molecule has 0 spiro atoms. The number of benzene rings is 2. The van der Waals surface area contributed by atoms with Crippen LogP contribution in [0.5, 0.6) is 0 Å². The summed E-state index contributed by atoms with van der Waals surface area (Å²) >= 11 is 0. The summed E-state index contributed by atoms with van der Waals surface area (Å²) in [4.78, 5) is 26.5. The lowest BCUT2D eigenvalue weighted by molar-refractivity contribution is -0.144. The van der Waals surface area contributed by atoms with Crippen molar-refractivity contribution in [1.29, 1.82) is 0 Å². The molecule has 4 rings (SSSR count). The molecule has 1 unspecified atom stereocenters. The lowest BCUT2D eigenvalue weighted by Gasteiger charge is -2.31. The first kappa shape index (κ1) is 16.1. The normalized spacial score (nSPS) is 19.2. The van der Waals surface area contributed by atoms with Gasteiger partial charge >= 0.3 is 11.8 Å². The minimum Gasteiger partial charge on any atom is -0.396 e. The van der Waals surface area contributed by atoms with Crippen molar-refractivity contribution >= 4 is 28.3 Å². The van der Waals surface area contributed by atoms with E-state index in [0.29, 0.717) is 18.8 Å². The standard InChI is InChI=1S/C20H22N2O3/c23-12-13-3-2-10-22(11-13)20(25)19(24)21-17-9-8-15-7-6-14-4-1-5-16(17)18(14)15/h1,4-5,8-9,13,23H,2-3,6-7,10-12H2,(H,21,24). The number of carbonyl (C=O) groups excluding carboxylic acids is 2. The maximum absolute atomic E-state index is 12.5. The molecule has 1 fully saturated rings. The summed E-state index contributed by atoms with van der Waals surface area (Å²) in [7, 11) is 0. The van der Waals surface area contributed by atoms with Crippen molar-refractivity contribution in [2.75, 3.05) is 25.0 Å². The quantitative estimate of drug-likeness (QED) is 0.824. The second-order valence-corrected chi connectivity index (χ2v) is 7.01. The molecule has 130 valence electrons. The first-order valence-electron chi connectivity index (χ1n) is 8.92. The number of aliphatic hydroxyl groups excluding tert-OH is 1. The first-order chi connectivity index (χ1) is 12.2. The molecule has 1 aliphatic heterocycles. The number of amides is 2. The van der Waals surface area contributed by atoms with Gasteiger partial charge in [-0.25, -0.2) is 0 Å². The highest BCUT2D eigenvalue weighted by Crippen LogP contribution is 2.35. The summed E-state index contributed by atoms with van der Waals surface area (Å²) in [5.74, 6) is -1.04. The molecule has 25 heavy (non-hydrogen) atoms. The van der Waals surface area contributed by atoms with E-state index in [2.05, 4.69) is 11.4 Å². The fraction of sp³-hybridized carbons (Fsp3) is 0.400. The van der Waals surface area contributed by atoms with Crippen molar-refractivity contribution in [2.24, 2.45) is 5.92 Å². The lowest BCUT2D eigenvalue weighted by atomic mass is 9.99. The topological polar surface area (TPSA) is 69.6 Å². The van der Waals surface area contributed by atoms with Gasteiger partial charge in [-0.3, -0.25) is 9.59 Å². The number of aliphatic hydroxyl groups is 1. The van der Waals surface area contributed by atoms with Crippen LogP contribution >= 0.6 is 0 Å². The Labute approximate surface area is 146 Å². The van der Waals surface area contributed by atoms with Gasteiger partial charge in [0, 0.05) is 30.8 Å². The highest BCUT2D eigenvalue weighted by Gasteiger charge is 2.28. The van der Waals surface area contributed by atoms with Gasteiger partial charge in [-0.1, -0.05) is 24.3 Å². The molecule has 5 heteroatoms. The Balaban J connectivity index is 1.55. The molecular weight excluding hydrogens is 316 g/mol. The highest BCUT2D eigenvalue weighted by atomic mass is 16.3. The summed E-state index contributed by atoms with van der Waals surface area (Å²) in [5, 5.41) is 14.3. The molecular formula is C20H22N2O3. The van der Waals surface area contributed by atoms with Gasteiger partial charge in [0.15, 0.2) is 0 Å². The molecule has 0 bridgehead atoms. The summed E-state index contributed by atoms with van der Waals surface area (Å²) in [6, 6.07) is 10.1. The summed E-state index contributed by atoms with van der Waals surface area (Å²) < 4.78 is 0. The molecule has 2 amide bonds. The van der Waals surface area contributed by atoms with E-state index in [4.69, 9.17) is 0 Å². The molecule has 2 aliphatic rings. The number of anilines is 1. The third kappa shape index (κ3) is 2.89. The first-order valence-corrected chi connectivity index (χ1v) is 8.92. The van der Waals surface area contributed by atoms with Crippen LogP contribution in [0.15, 0.2) is 30.3 Å². The number of piperidine rings is 1. The van der Waals surface area contributed by atoms with Gasteiger partial charge in [0.25, 0.3) is 0 Å². The number of rotatable bonds is 2. The summed E-state index contributed by atoms with van der Waals surface area (Å²) in [6.07, 6.45) is 3.78. The second kappa shape index (κ2) is 6.48. The summed E-state index contributed by atoms with van der Waals surface area (Å²) in [5.41, 5.74) is 3.30. The molecule has 2 aromatic carbocycles. The Morgan fingerprint density at radius 2 is 1.96 bits per heavy atom. The summed E-state index contributed by atoms with van der Waals surface area (Å²) in [6.45, 7) is 1.08. The van der Waals surface area contributed by atoms with Gasteiger partial charge in [-0.05, 0) is 54.2 Å². The fourth-order valence-corrected chi connectivity index (χ4v) is 4.07. The van der Waals surface area contributed by atoms with E-state index >= 15 is 0 Å². The van der Waals surface area contributed by atoms with E-state index in [1.807, 2.05) is 24.3 Å². The molecule has 5 nitrogen and oxygen atoms in total. The average Bonchev–Trinajstić information content (AvgIpc) is 3.08. The van der Waals surface area contributed by atoms with Crippen LogP contribution in [0.3, 0.4) is 0 Å². The minimum absolute atomic E-state index is 0.0558. The Hall–Kier alpha value is -2.40. The van der Waals surface area contributed by atoms with Crippen LogP contribution in [-0.4, -0.2) is 41.5 Å². The van der Waals surface area contributed by atoms with Crippen molar-refractivity contribution < 1.29 is 14.7 Å². The maximum Gasteiger partial charge on any atom is 0.313 e. The molecule has 0 aromatic heterocycles. The monoisotopic (exact) mass is 338 g/mol. The van der Waals surface area contributed by atoms with Gasteiger partial charge in [0.1, 0.15) is 0 Å². The number of nitrogens with one attached hydrogen (secondary N) is 1. The molecule has 1 aliphatic carbocycles. The van der Waals surface area contributed by atoms with Crippen molar-refractivity contribution in [1.82, 2.24) is 4.90 Å². The zero-order valence-corrected chi connectivity index (χ0v) is 14.1. The number of hydrogen-bond donors (Lipinski definition) is 2. The Morgan fingerprint density at radius 3 is 2.76 bits per heavy atom. The third-order valence-electron chi connectivity index (χ3n) is 5.38. The third-order valence-corrected chi connectivity index (χ3v) is 5.38. The Bertz CT molecular complexity index is 836. The zero-order valence-electron chi connectivity index (χ0n) is 14.1. The van der Waals surface area contributed by atoms with Crippen LogP contribution < -0.4 is 5.32 Å². The van der Waals surface area contributed by atoms with E-state index in [1.54, 1.807) is 4.90 Å². The van der Waals surface area contributed by atoms with E-state index in [0.717, 1.165) is 31.1 Å². The van der Waals surface area contributed by atoms with Crippen molar-refractivity contribution in [3.05, 3.63) is 41.5 Å². The number of aryl methyl sites for hydroxylation is 2. The smallest absolute Gasteiger partial charge is 0.313 e. The van der Waals surface area contributed by atoms with Gasteiger partial charge < -0.3 is 15.3 Å². The van der Waals surface area contributed by atoms with Crippen molar-refractivity contribution in [3.63, 3.8) is 0 Å². The largest absolute Gasteiger partial charge is 0.396 e. The average molecular weight is 338 g/mol. The van der Waals surface area contributed by atoms with Crippen LogP contribution in [0.25, 0.3) is 10.8 Å². The van der Waals surface area contributed by atoms with E-state index in [-0.39, 0.29) is 12.5 Å². The van der Waals surface area contributed by atoms with Gasteiger partial charge in [0.05, 0.1) is 0 Å². The molecule has 0 saturated carbocycles. The molecule has 2 aromatic rings. The maximum atomic E-state index is 12.5. The number of carbonyl (C=O) groups is 2. The van der Waals surface area contributed by atoms with Crippen LogP contribution in [0, 0.1) is 5.92 Å². The molecule has 1 heterocycles. The Kier molecular flexibility index (Phi) is 4.17.